The van der Waals surface area contributed by atoms with E-state index >= 15 is 0 Å². The first-order valence-corrected chi connectivity index (χ1v) is 6.99. The largest absolute Gasteiger partial charge is 0.433 e. The zero-order valence-corrected chi connectivity index (χ0v) is 11.4. The van der Waals surface area contributed by atoms with Crippen LogP contribution in [0.3, 0.4) is 0 Å². The van der Waals surface area contributed by atoms with Crippen molar-refractivity contribution in [2.45, 2.75) is 12.6 Å². The molecule has 2 N–H and O–H groups in total. The standard InChI is InChI=1S/C10H14F3N3O3S/c1-16(5-2-6-17)20(18,19)15-8-3-4-9(14-7-8)10(11,12)13/h3-4,7,15,17H,2,5-6H2,1H3. The predicted octanol–water partition coefficient (Wildman–Crippen LogP) is 1.07. The second kappa shape index (κ2) is 6.37. The van der Waals surface area contributed by atoms with Gasteiger partial charge in [0.15, 0.2) is 0 Å². The number of anilines is 1. The maximum atomic E-state index is 12.3. The fourth-order valence-electron chi connectivity index (χ4n) is 1.26. The lowest BCUT2D eigenvalue weighted by atomic mass is 10.3. The zero-order chi connectivity index (χ0) is 15.4. The molecule has 1 rings (SSSR count). The van der Waals surface area contributed by atoms with Crippen molar-refractivity contribution in [3.8, 4) is 0 Å². The second-order valence-electron chi connectivity index (χ2n) is 3.94. The van der Waals surface area contributed by atoms with Gasteiger partial charge in [0.25, 0.3) is 0 Å². The molecule has 0 amide bonds. The van der Waals surface area contributed by atoms with Crippen LogP contribution in [-0.4, -0.2) is 43.0 Å². The van der Waals surface area contributed by atoms with E-state index in [0.29, 0.717) is 6.07 Å². The van der Waals surface area contributed by atoms with Gasteiger partial charge in [-0.2, -0.15) is 25.9 Å². The normalized spacial score (nSPS) is 12.7. The van der Waals surface area contributed by atoms with E-state index in [4.69, 9.17) is 5.11 Å². The molecule has 0 radical (unpaired) electrons. The van der Waals surface area contributed by atoms with E-state index in [0.717, 1.165) is 16.6 Å². The molecule has 1 aromatic rings. The van der Waals surface area contributed by atoms with Gasteiger partial charge in [-0.25, -0.2) is 4.98 Å². The molecule has 0 aliphatic rings. The third-order valence-corrected chi connectivity index (χ3v) is 3.84. The van der Waals surface area contributed by atoms with Gasteiger partial charge >= 0.3 is 16.4 Å². The number of alkyl halides is 3. The van der Waals surface area contributed by atoms with E-state index in [2.05, 4.69) is 9.71 Å². The maximum Gasteiger partial charge on any atom is 0.433 e. The Morgan fingerprint density at radius 1 is 1.40 bits per heavy atom. The number of aromatic nitrogens is 1. The molecule has 10 heteroatoms. The molecule has 0 spiro atoms. The van der Waals surface area contributed by atoms with E-state index in [1.807, 2.05) is 0 Å². The van der Waals surface area contributed by atoms with Crippen molar-refractivity contribution in [2.24, 2.45) is 0 Å². The number of rotatable bonds is 6. The Labute approximate surface area is 114 Å². The second-order valence-corrected chi connectivity index (χ2v) is 5.71. The number of pyridine rings is 1. The van der Waals surface area contributed by atoms with Crippen LogP contribution in [0.1, 0.15) is 12.1 Å². The van der Waals surface area contributed by atoms with Crippen LogP contribution in [0.25, 0.3) is 0 Å². The molecule has 0 aliphatic carbocycles. The lowest BCUT2D eigenvalue weighted by molar-refractivity contribution is -0.141. The molecule has 0 atom stereocenters. The Kier molecular flexibility index (Phi) is 5.31. The molecule has 20 heavy (non-hydrogen) atoms. The molecule has 0 aliphatic heterocycles. The first-order valence-electron chi connectivity index (χ1n) is 5.55. The van der Waals surface area contributed by atoms with E-state index in [-0.39, 0.29) is 25.3 Å². The number of nitrogens with zero attached hydrogens (tertiary/aromatic N) is 2. The Bertz CT molecular complexity index is 531. The first-order chi connectivity index (χ1) is 9.16. The molecule has 0 unspecified atom stereocenters. The van der Waals surface area contributed by atoms with Crippen LogP contribution < -0.4 is 4.72 Å². The van der Waals surface area contributed by atoms with Crippen LogP contribution in [0.2, 0.25) is 0 Å². The monoisotopic (exact) mass is 313 g/mol. The Morgan fingerprint density at radius 2 is 2.05 bits per heavy atom. The smallest absolute Gasteiger partial charge is 0.396 e. The summed E-state index contributed by atoms with van der Waals surface area (Å²) in [6.07, 6.45) is -3.53. The van der Waals surface area contributed by atoms with Crippen molar-refractivity contribution in [3.63, 3.8) is 0 Å². The van der Waals surface area contributed by atoms with Gasteiger partial charge in [-0.3, -0.25) is 4.72 Å². The van der Waals surface area contributed by atoms with Gasteiger partial charge in [0.1, 0.15) is 5.69 Å². The van der Waals surface area contributed by atoms with Gasteiger partial charge < -0.3 is 5.11 Å². The first kappa shape index (κ1) is 16.7. The molecular weight excluding hydrogens is 299 g/mol. The zero-order valence-electron chi connectivity index (χ0n) is 10.6. The fourth-order valence-corrected chi connectivity index (χ4v) is 2.21. The minimum Gasteiger partial charge on any atom is -0.396 e. The van der Waals surface area contributed by atoms with Crippen molar-refractivity contribution in [3.05, 3.63) is 24.0 Å². The van der Waals surface area contributed by atoms with Crippen LogP contribution >= 0.6 is 0 Å². The van der Waals surface area contributed by atoms with Crippen LogP contribution in [0.15, 0.2) is 18.3 Å². The molecule has 114 valence electrons. The Balaban J connectivity index is 2.78. The van der Waals surface area contributed by atoms with Gasteiger partial charge in [-0.05, 0) is 18.6 Å². The Morgan fingerprint density at radius 3 is 2.50 bits per heavy atom. The van der Waals surface area contributed by atoms with Crippen molar-refractivity contribution < 1.29 is 26.7 Å². The van der Waals surface area contributed by atoms with E-state index < -0.39 is 22.1 Å². The van der Waals surface area contributed by atoms with Gasteiger partial charge in [-0.1, -0.05) is 0 Å². The average molecular weight is 313 g/mol. The quantitative estimate of drug-likeness (QED) is 0.823. The third-order valence-electron chi connectivity index (χ3n) is 2.34. The SMILES string of the molecule is CN(CCCO)S(=O)(=O)Nc1ccc(C(F)(F)F)nc1. The molecule has 0 saturated heterocycles. The molecule has 0 fully saturated rings. The summed E-state index contributed by atoms with van der Waals surface area (Å²) in [4.78, 5) is 3.15. The summed E-state index contributed by atoms with van der Waals surface area (Å²) in [6.45, 7) is -0.0818. The summed E-state index contributed by atoms with van der Waals surface area (Å²) in [5, 5.41) is 8.62. The minimum atomic E-state index is -4.57. The molecule has 6 nitrogen and oxygen atoms in total. The maximum absolute atomic E-state index is 12.3. The van der Waals surface area contributed by atoms with Crippen molar-refractivity contribution in [1.29, 1.82) is 0 Å². The fraction of sp³-hybridized carbons (Fsp3) is 0.500. The molecule has 0 aromatic carbocycles. The molecule has 1 aromatic heterocycles. The van der Waals surface area contributed by atoms with Crippen LogP contribution in [0.5, 0.6) is 0 Å². The minimum absolute atomic E-state index is 0.0751. The van der Waals surface area contributed by atoms with Crippen molar-refractivity contribution in [1.82, 2.24) is 9.29 Å². The van der Waals surface area contributed by atoms with Gasteiger partial charge in [0.05, 0.1) is 11.9 Å². The highest BCUT2D eigenvalue weighted by Gasteiger charge is 2.32. The molecule has 0 saturated carbocycles. The number of nitrogens with one attached hydrogen (secondary N) is 1. The number of hydrogen-bond acceptors (Lipinski definition) is 4. The summed E-state index contributed by atoms with van der Waals surface area (Å²) in [5.41, 5.74) is -1.18. The van der Waals surface area contributed by atoms with E-state index in [9.17, 15) is 21.6 Å². The van der Waals surface area contributed by atoms with E-state index in [1.54, 1.807) is 0 Å². The number of aliphatic hydroxyl groups excluding tert-OH is 1. The van der Waals surface area contributed by atoms with Gasteiger partial charge in [0.2, 0.25) is 0 Å². The highest BCUT2D eigenvalue weighted by molar-refractivity contribution is 7.90. The molecule has 0 bridgehead atoms. The highest BCUT2D eigenvalue weighted by Crippen LogP contribution is 2.27. The molecular formula is C10H14F3N3O3S. The van der Waals surface area contributed by atoms with Crippen molar-refractivity contribution >= 4 is 15.9 Å². The average Bonchev–Trinajstić information content (AvgIpc) is 2.34. The summed E-state index contributed by atoms with van der Waals surface area (Å²) >= 11 is 0. The number of hydrogen-bond donors (Lipinski definition) is 2. The summed E-state index contributed by atoms with van der Waals surface area (Å²) < 4.78 is 63.5. The van der Waals surface area contributed by atoms with Crippen molar-refractivity contribution in [2.75, 3.05) is 24.9 Å². The summed E-state index contributed by atoms with van der Waals surface area (Å²) in [5.74, 6) is 0. The van der Waals surface area contributed by atoms with Gasteiger partial charge in [-0.15, -0.1) is 0 Å². The predicted molar refractivity (Wildman–Crippen MR) is 66.1 cm³/mol. The van der Waals surface area contributed by atoms with Crippen LogP contribution in [-0.2, 0) is 16.4 Å². The highest BCUT2D eigenvalue weighted by atomic mass is 32.2. The van der Waals surface area contributed by atoms with Gasteiger partial charge in [0, 0.05) is 20.2 Å². The third kappa shape index (κ3) is 4.62. The number of aliphatic hydroxyl groups is 1. The topological polar surface area (TPSA) is 82.5 Å². The lowest BCUT2D eigenvalue weighted by Crippen LogP contribution is -2.33. The molecule has 1 heterocycles. The Hall–Kier alpha value is -1.39. The van der Waals surface area contributed by atoms with Crippen LogP contribution in [0, 0.1) is 0 Å². The summed E-state index contributed by atoms with van der Waals surface area (Å²) in [7, 11) is -2.60. The summed E-state index contributed by atoms with van der Waals surface area (Å²) in [6, 6.07) is 1.67. The van der Waals surface area contributed by atoms with E-state index in [1.165, 1.54) is 7.05 Å². The van der Waals surface area contributed by atoms with Crippen LogP contribution in [0.4, 0.5) is 18.9 Å². The lowest BCUT2D eigenvalue weighted by Gasteiger charge is -2.17. The number of halogens is 3.